The Hall–Kier alpha value is -2.74. The van der Waals surface area contributed by atoms with Crippen LogP contribution in [0.15, 0.2) is 54.3 Å². The molecule has 2 N–H and O–H groups in total. The van der Waals surface area contributed by atoms with Gasteiger partial charge in [0.15, 0.2) is 11.4 Å². The molecule has 4 aliphatic carbocycles. The van der Waals surface area contributed by atoms with Gasteiger partial charge in [0.05, 0.1) is 12.6 Å². The second-order valence-corrected chi connectivity index (χ2v) is 13.4. The Kier molecular flexibility index (Phi) is 5.28. The maximum Gasteiger partial charge on any atom is 0.339 e. The molecule has 5 aliphatic rings. The Morgan fingerprint density at radius 1 is 1.21 bits per heavy atom. The number of hydroxylamine groups is 2. The topological polar surface area (TPSA) is 92.0 Å². The molecule has 3 saturated carbocycles. The van der Waals surface area contributed by atoms with E-state index in [2.05, 4.69) is 43.7 Å². The van der Waals surface area contributed by atoms with E-state index < -0.39 is 28.5 Å². The standard InChI is InChI=1S/C32H38N2O5/c1-18-11-23-25-12-20-17-34(16-19-15-33(4)26-8-6-5-7-22(19)26)39-32(20,29(37)38)31(25,3)14-27(36)28(23)30(2)10-9-21(35)13-24(18)30/h5-10,13,15,18,20,23,25,27-28,36H,11-12,14,16-17H2,1-4H3,(H,37,38)/t18-,20-,23-,25?,27-,28?,30-,31-,32-/m0/s1. The van der Waals surface area contributed by atoms with Crippen molar-refractivity contribution < 1.29 is 24.6 Å². The van der Waals surface area contributed by atoms with Gasteiger partial charge in [0, 0.05) is 53.4 Å². The zero-order chi connectivity index (χ0) is 27.5. The summed E-state index contributed by atoms with van der Waals surface area (Å²) >= 11 is 0. The zero-order valence-electron chi connectivity index (χ0n) is 23.1. The minimum atomic E-state index is -1.37. The number of aliphatic carboxylic acids is 1. The number of carboxylic acid groups (broad SMARTS) is 1. The first-order valence-electron chi connectivity index (χ1n) is 14.3. The van der Waals surface area contributed by atoms with Crippen LogP contribution in [0.2, 0.25) is 0 Å². The van der Waals surface area contributed by atoms with Crippen LogP contribution in [0, 0.1) is 40.4 Å². The van der Waals surface area contributed by atoms with E-state index in [1.807, 2.05) is 30.3 Å². The van der Waals surface area contributed by atoms with Gasteiger partial charge >= 0.3 is 5.97 Å². The van der Waals surface area contributed by atoms with Crippen LogP contribution in [-0.4, -0.2) is 49.8 Å². The Morgan fingerprint density at radius 3 is 2.74 bits per heavy atom. The molecule has 4 fully saturated rings. The van der Waals surface area contributed by atoms with Gasteiger partial charge in [-0.05, 0) is 60.8 Å². The van der Waals surface area contributed by atoms with Crippen molar-refractivity contribution in [1.82, 2.24) is 9.63 Å². The highest BCUT2D eigenvalue weighted by Crippen LogP contribution is 2.71. The highest BCUT2D eigenvalue weighted by molar-refractivity contribution is 6.01. The SMILES string of the molecule is C[C@H]1C[C@@H]2C([C@@H](O)C[C@@]3(C)C2C[C@H]2CN(Cc4cn(C)c5ccccc45)O[C@]23C(=O)O)[C@@]2(C)C=CC(=O)C=C12. The first kappa shape index (κ1) is 25.2. The second-order valence-electron chi connectivity index (χ2n) is 13.4. The number of para-hydroxylation sites is 1. The lowest BCUT2D eigenvalue weighted by molar-refractivity contribution is -0.262. The molecule has 1 aliphatic heterocycles. The molecule has 7 nitrogen and oxygen atoms in total. The number of ketones is 1. The van der Waals surface area contributed by atoms with E-state index in [4.69, 9.17) is 4.84 Å². The number of carboxylic acids is 1. The minimum absolute atomic E-state index is 0.0165. The van der Waals surface area contributed by atoms with Crippen LogP contribution < -0.4 is 0 Å². The third-order valence-corrected chi connectivity index (χ3v) is 11.5. The maximum atomic E-state index is 13.2. The Bertz CT molecular complexity index is 1460. The summed E-state index contributed by atoms with van der Waals surface area (Å²) in [5.74, 6) is -0.618. The molecule has 0 radical (unpaired) electrons. The Morgan fingerprint density at radius 2 is 1.97 bits per heavy atom. The van der Waals surface area contributed by atoms with Gasteiger partial charge in [0.25, 0.3) is 0 Å². The van der Waals surface area contributed by atoms with Crippen molar-refractivity contribution in [3.05, 3.63) is 59.8 Å². The molecule has 2 aromatic rings. The summed E-state index contributed by atoms with van der Waals surface area (Å²) in [7, 11) is 2.03. The Labute approximate surface area is 229 Å². The molecule has 1 aromatic heterocycles. The van der Waals surface area contributed by atoms with Crippen LogP contribution in [0.25, 0.3) is 10.9 Å². The number of hydrogen-bond acceptors (Lipinski definition) is 5. The van der Waals surface area contributed by atoms with Crippen molar-refractivity contribution >= 4 is 22.7 Å². The van der Waals surface area contributed by atoms with Gasteiger partial charge < -0.3 is 14.8 Å². The van der Waals surface area contributed by atoms with Crippen LogP contribution in [0.5, 0.6) is 0 Å². The van der Waals surface area contributed by atoms with Gasteiger partial charge in [-0.25, -0.2) is 4.79 Å². The number of aromatic nitrogens is 1. The molecule has 0 spiro atoms. The molecule has 206 valence electrons. The van der Waals surface area contributed by atoms with E-state index in [1.165, 1.54) is 0 Å². The van der Waals surface area contributed by atoms with Crippen molar-refractivity contribution in [2.45, 2.75) is 58.3 Å². The molecule has 1 aromatic carbocycles. The van der Waals surface area contributed by atoms with Crippen LogP contribution in [0.3, 0.4) is 0 Å². The van der Waals surface area contributed by atoms with E-state index in [0.29, 0.717) is 19.5 Å². The highest BCUT2D eigenvalue weighted by Gasteiger charge is 2.76. The molecular weight excluding hydrogens is 492 g/mol. The van der Waals surface area contributed by atoms with Crippen molar-refractivity contribution in [3.8, 4) is 0 Å². The van der Waals surface area contributed by atoms with Gasteiger partial charge in [0.2, 0.25) is 0 Å². The lowest BCUT2D eigenvalue weighted by atomic mass is 9.45. The predicted molar refractivity (Wildman–Crippen MR) is 146 cm³/mol. The van der Waals surface area contributed by atoms with Crippen LogP contribution in [0.4, 0.5) is 0 Å². The summed E-state index contributed by atoms with van der Waals surface area (Å²) in [4.78, 5) is 32.1. The first-order chi connectivity index (χ1) is 18.5. The number of benzene rings is 1. The molecule has 7 heteroatoms. The average Bonchev–Trinajstić information content (AvgIpc) is 3.48. The van der Waals surface area contributed by atoms with E-state index in [-0.39, 0.29) is 35.4 Å². The molecule has 39 heavy (non-hydrogen) atoms. The zero-order valence-corrected chi connectivity index (χ0v) is 23.1. The number of aliphatic hydroxyl groups is 1. The molecule has 1 saturated heterocycles. The number of hydrogen-bond donors (Lipinski definition) is 2. The molecule has 0 bridgehead atoms. The summed E-state index contributed by atoms with van der Waals surface area (Å²) < 4.78 is 2.10. The maximum absolute atomic E-state index is 13.2. The molecule has 2 heterocycles. The van der Waals surface area contributed by atoms with E-state index >= 15 is 0 Å². The van der Waals surface area contributed by atoms with E-state index in [0.717, 1.165) is 34.9 Å². The molecule has 2 unspecified atom stereocenters. The van der Waals surface area contributed by atoms with Crippen molar-refractivity contribution in [3.63, 3.8) is 0 Å². The molecular formula is C32H38N2O5. The Balaban J connectivity index is 1.23. The fourth-order valence-corrected chi connectivity index (χ4v) is 10.1. The average molecular weight is 531 g/mol. The normalized spacial score (nSPS) is 43.1. The third kappa shape index (κ3) is 3.15. The first-order valence-corrected chi connectivity index (χ1v) is 14.3. The number of aryl methyl sites for hydroxylation is 1. The van der Waals surface area contributed by atoms with Crippen molar-refractivity contribution in [1.29, 1.82) is 0 Å². The van der Waals surface area contributed by atoms with Crippen LogP contribution in [0.1, 0.15) is 45.6 Å². The second kappa shape index (κ2) is 8.15. The number of aliphatic hydroxyl groups excluding tert-OH is 1. The van der Waals surface area contributed by atoms with E-state index in [1.54, 1.807) is 12.2 Å². The number of fused-ring (bicyclic) bond motifs is 8. The summed E-state index contributed by atoms with van der Waals surface area (Å²) in [6, 6.07) is 8.24. The minimum Gasteiger partial charge on any atom is -0.479 e. The molecule has 7 rings (SSSR count). The third-order valence-electron chi connectivity index (χ3n) is 11.5. The lowest BCUT2D eigenvalue weighted by Crippen LogP contribution is -2.63. The van der Waals surface area contributed by atoms with Gasteiger partial charge in [-0.15, -0.1) is 0 Å². The molecule has 0 amide bonds. The largest absolute Gasteiger partial charge is 0.479 e. The number of nitrogens with zero attached hydrogens (tertiary/aromatic N) is 2. The van der Waals surface area contributed by atoms with Gasteiger partial charge in [-0.2, -0.15) is 5.06 Å². The number of carbonyl (C=O) groups excluding carboxylic acids is 1. The van der Waals surface area contributed by atoms with Gasteiger partial charge in [-0.1, -0.05) is 50.6 Å². The lowest BCUT2D eigenvalue weighted by Gasteiger charge is -2.60. The highest BCUT2D eigenvalue weighted by atomic mass is 16.7. The summed E-state index contributed by atoms with van der Waals surface area (Å²) in [5, 5.41) is 25.7. The summed E-state index contributed by atoms with van der Waals surface area (Å²) in [6.07, 6.45) is 8.86. The van der Waals surface area contributed by atoms with Gasteiger partial charge in [-0.3, -0.25) is 9.63 Å². The summed E-state index contributed by atoms with van der Waals surface area (Å²) in [6.45, 7) is 7.47. The fraction of sp³-hybridized carbons (Fsp3) is 0.562. The fourth-order valence-electron chi connectivity index (χ4n) is 10.1. The molecule has 9 atom stereocenters. The summed E-state index contributed by atoms with van der Waals surface area (Å²) in [5.41, 5.74) is 0.899. The predicted octanol–water partition coefficient (Wildman–Crippen LogP) is 4.50. The van der Waals surface area contributed by atoms with Crippen LogP contribution >= 0.6 is 0 Å². The quantitative estimate of drug-likeness (QED) is 0.607. The monoisotopic (exact) mass is 530 g/mol. The van der Waals surface area contributed by atoms with Crippen LogP contribution in [-0.2, 0) is 28.0 Å². The number of carbonyl (C=O) groups is 2. The smallest absolute Gasteiger partial charge is 0.339 e. The van der Waals surface area contributed by atoms with E-state index in [9.17, 15) is 19.8 Å². The number of rotatable bonds is 3. The van der Waals surface area contributed by atoms with Crippen molar-refractivity contribution in [2.24, 2.45) is 47.5 Å². The van der Waals surface area contributed by atoms with Gasteiger partial charge in [0.1, 0.15) is 0 Å². The number of allylic oxidation sites excluding steroid dienone is 4. The van der Waals surface area contributed by atoms with Crippen molar-refractivity contribution in [2.75, 3.05) is 6.54 Å².